The monoisotopic (exact) mass is 376 g/mol. The maximum Gasteiger partial charge on any atom is 0.251 e. The molecule has 2 N–H and O–H groups in total. The Morgan fingerprint density at radius 3 is 2.21 bits per heavy atom. The van der Waals surface area contributed by atoms with E-state index >= 15 is 0 Å². The Labute approximate surface area is 167 Å². The predicted molar refractivity (Wildman–Crippen MR) is 113 cm³/mol. The predicted octanol–water partition coefficient (Wildman–Crippen LogP) is 4.50. The van der Waals surface area contributed by atoms with Crippen LogP contribution in [0.4, 0.5) is 0 Å². The van der Waals surface area contributed by atoms with E-state index in [1.165, 1.54) is 0 Å². The average molecular weight is 377 g/mol. The highest BCUT2D eigenvalue weighted by molar-refractivity contribution is 5.95. The number of rotatable bonds is 6. The van der Waals surface area contributed by atoms with Crippen molar-refractivity contribution in [3.8, 4) is 0 Å². The van der Waals surface area contributed by atoms with Crippen molar-refractivity contribution in [2.45, 2.75) is 45.7 Å². The zero-order chi connectivity index (χ0) is 20.1. The highest BCUT2D eigenvalue weighted by atomic mass is 16.2. The molecule has 1 aliphatic rings. The summed E-state index contributed by atoms with van der Waals surface area (Å²) in [4.78, 5) is 24.5. The van der Waals surface area contributed by atoms with Gasteiger partial charge in [0.2, 0.25) is 5.91 Å². The van der Waals surface area contributed by atoms with E-state index in [2.05, 4.69) is 31.4 Å². The number of hydrogen-bond acceptors (Lipinski definition) is 2. The summed E-state index contributed by atoms with van der Waals surface area (Å²) < 4.78 is 0. The summed E-state index contributed by atoms with van der Waals surface area (Å²) in [6.45, 7) is 6.33. The summed E-state index contributed by atoms with van der Waals surface area (Å²) in [5, 5.41) is 6.08. The summed E-state index contributed by atoms with van der Waals surface area (Å²) in [7, 11) is 0. The first-order valence-corrected chi connectivity index (χ1v) is 9.77. The lowest BCUT2D eigenvalue weighted by molar-refractivity contribution is -0.117. The highest BCUT2D eigenvalue weighted by Gasteiger charge is 2.27. The van der Waals surface area contributed by atoms with E-state index in [0.29, 0.717) is 11.6 Å². The molecule has 1 saturated carbocycles. The fourth-order valence-corrected chi connectivity index (χ4v) is 3.05. The van der Waals surface area contributed by atoms with E-state index in [-0.39, 0.29) is 23.3 Å². The van der Waals surface area contributed by atoms with Crippen LogP contribution in [0.2, 0.25) is 0 Å². The lowest BCUT2D eigenvalue weighted by atomic mass is 9.82. The molecule has 0 heterocycles. The van der Waals surface area contributed by atoms with Gasteiger partial charge < -0.3 is 10.6 Å². The van der Waals surface area contributed by atoms with E-state index < -0.39 is 0 Å². The molecule has 4 nitrogen and oxygen atoms in total. The summed E-state index contributed by atoms with van der Waals surface area (Å²) in [5.41, 5.74) is 2.50. The fraction of sp³-hybridized carbons (Fsp3) is 0.333. The molecule has 4 heteroatoms. The molecule has 0 bridgehead atoms. The van der Waals surface area contributed by atoms with Crippen LogP contribution in [0.1, 0.15) is 61.1 Å². The molecule has 2 aromatic carbocycles. The molecule has 2 amide bonds. The van der Waals surface area contributed by atoms with E-state index in [9.17, 15) is 9.59 Å². The van der Waals surface area contributed by atoms with Crippen LogP contribution in [-0.4, -0.2) is 17.9 Å². The number of nitrogens with one attached hydrogen (secondary N) is 2. The topological polar surface area (TPSA) is 58.2 Å². The zero-order valence-corrected chi connectivity index (χ0v) is 16.7. The van der Waals surface area contributed by atoms with Gasteiger partial charge in [-0.15, -0.1) is 0 Å². The fourth-order valence-electron chi connectivity index (χ4n) is 3.05. The second-order valence-corrected chi connectivity index (χ2v) is 8.42. The SMILES string of the molecule is CC(C)(C)C(NC(=O)/C=C/c1ccc(C(=O)NC2CC2)cc1)c1ccccc1. The number of hydrogen-bond donors (Lipinski definition) is 2. The largest absolute Gasteiger partial charge is 0.349 e. The number of carbonyl (C=O) groups excluding carboxylic acids is 2. The second kappa shape index (κ2) is 8.42. The molecule has 0 aromatic heterocycles. The first-order valence-electron chi connectivity index (χ1n) is 9.77. The van der Waals surface area contributed by atoms with E-state index in [1.54, 1.807) is 24.3 Å². The van der Waals surface area contributed by atoms with Crippen molar-refractivity contribution in [1.82, 2.24) is 10.6 Å². The van der Waals surface area contributed by atoms with Gasteiger partial charge in [0.15, 0.2) is 0 Å². The van der Waals surface area contributed by atoms with Crippen molar-refractivity contribution in [3.05, 3.63) is 77.4 Å². The lowest BCUT2D eigenvalue weighted by Crippen LogP contribution is -2.35. The van der Waals surface area contributed by atoms with Crippen molar-refractivity contribution in [3.63, 3.8) is 0 Å². The summed E-state index contributed by atoms with van der Waals surface area (Å²) >= 11 is 0. The highest BCUT2D eigenvalue weighted by Crippen LogP contribution is 2.32. The smallest absolute Gasteiger partial charge is 0.251 e. The van der Waals surface area contributed by atoms with E-state index in [1.807, 2.05) is 42.5 Å². The van der Waals surface area contributed by atoms with Crippen LogP contribution < -0.4 is 10.6 Å². The molecule has 146 valence electrons. The molecule has 28 heavy (non-hydrogen) atoms. The van der Waals surface area contributed by atoms with Gasteiger partial charge in [-0.1, -0.05) is 63.2 Å². The van der Waals surface area contributed by atoms with Gasteiger partial charge >= 0.3 is 0 Å². The van der Waals surface area contributed by atoms with Crippen LogP contribution in [-0.2, 0) is 4.79 Å². The van der Waals surface area contributed by atoms with Gasteiger partial charge in [0.1, 0.15) is 0 Å². The molecule has 3 rings (SSSR count). The van der Waals surface area contributed by atoms with Gasteiger partial charge in [0.25, 0.3) is 5.91 Å². The molecule has 0 saturated heterocycles. The van der Waals surface area contributed by atoms with Gasteiger partial charge in [-0.05, 0) is 47.6 Å². The normalized spacial score (nSPS) is 15.2. The number of benzene rings is 2. The van der Waals surface area contributed by atoms with Gasteiger partial charge in [0.05, 0.1) is 6.04 Å². The minimum Gasteiger partial charge on any atom is -0.349 e. The van der Waals surface area contributed by atoms with E-state index in [0.717, 1.165) is 24.0 Å². The maximum absolute atomic E-state index is 12.5. The minimum atomic E-state index is -0.140. The van der Waals surface area contributed by atoms with Crippen LogP contribution >= 0.6 is 0 Å². The van der Waals surface area contributed by atoms with Crippen LogP contribution in [0.25, 0.3) is 6.08 Å². The first-order chi connectivity index (χ1) is 13.3. The molecular formula is C24H28N2O2. The van der Waals surface area contributed by atoms with Gasteiger partial charge in [-0.3, -0.25) is 9.59 Å². The number of amides is 2. The minimum absolute atomic E-state index is 0.0355. The van der Waals surface area contributed by atoms with Gasteiger partial charge in [-0.25, -0.2) is 0 Å². The standard InChI is InChI=1S/C24H28N2O2/c1-24(2,3)22(18-7-5-4-6-8-18)26-21(27)16-11-17-9-12-19(13-10-17)23(28)25-20-14-15-20/h4-13,16,20,22H,14-15H2,1-3H3,(H,25,28)(H,26,27)/b16-11+. The molecule has 1 aliphatic carbocycles. The Morgan fingerprint density at radius 1 is 1.00 bits per heavy atom. The third-order valence-electron chi connectivity index (χ3n) is 4.80. The van der Waals surface area contributed by atoms with Crippen molar-refractivity contribution >= 4 is 17.9 Å². The van der Waals surface area contributed by atoms with Crippen molar-refractivity contribution in [1.29, 1.82) is 0 Å². The third-order valence-corrected chi connectivity index (χ3v) is 4.80. The van der Waals surface area contributed by atoms with Crippen LogP contribution in [0.3, 0.4) is 0 Å². The molecule has 0 radical (unpaired) electrons. The molecular weight excluding hydrogens is 348 g/mol. The molecule has 1 unspecified atom stereocenters. The van der Waals surface area contributed by atoms with Gasteiger partial charge in [0, 0.05) is 17.7 Å². The second-order valence-electron chi connectivity index (χ2n) is 8.42. The molecule has 2 aromatic rings. The molecule has 1 atom stereocenters. The molecule has 0 spiro atoms. The van der Waals surface area contributed by atoms with Crippen LogP contribution in [0, 0.1) is 5.41 Å². The van der Waals surface area contributed by atoms with Crippen LogP contribution in [0.15, 0.2) is 60.7 Å². The Bertz CT molecular complexity index is 844. The third kappa shape index (κ3) is 5.56. The molecule has 1 fully saturated rings. The zero-order valence-electron chi connectivity index (χ0n) is 16.7. The quantitative estimate of drug-likeness (QED) is 0.730. The van der Waals surface area contributed by atoms with E-state index in [4.69, 9.17) is 0 Å². The molecule has 0 aliphatic heterocycles. The van der Waals surface area contributed by atoms with Crippen LogP contribution in [0.5, 0.6) is 0 Å². The first kappa shape index (κ1) is 19.9. The van der Waals surface area contributed by atoms with Crippen molar-refractivity contribution in [2.75, 3.05) is 0 Å². The summed E-state index contributed by atoms with van der Waals surface area (Å²) in [6, 6.07) is 17.5. The Kier molecular flexibility index (Phi) is 5.98. The van der Waals surface area contributed by atoms with Crippen molar-refractivity contribution in [2.24, 2.45) is 5.41 Å². The van der Waals surface area contributed by atoms with Crippen molar-refractivity contribution < 1.29 is 9.59 Å². The summed E-state index contributed by atoms with van der Waals surface area (Å²) in [5.74, 6) is -0.175. The Balaban J connectivity index is 1.62. The Hall–Kier alpha value is -2.88. The lowest BCUT2D eigenvalue weighted by Gasteiger charge is -2.31. The van der Waals surface area contributed by atoms with Gasteiger partial charge in [-0.2, -0.15) is 0 Å². The Morgan fingerprint density at radius 2 is 1.64 bits per heavy atom. The average Bonchev–Trinajstić information content (AvgIpc) is 3.48. The maximum atomic E-state index is 12.5. The number of carbonyl (C=O) groups is 2. The summed E-state index contributed by atoms with van der Waals surface area (Å²) in [6.07, 6.45) is 5.45.